The molecule has 4 amide bonds. The van der Waals surface area contributed by atoms with Gasteiger partial charge in [-0.1, -0.05) is 30.3 Å². The molecule has 0 radical (unpaired) electrons. The van der Waals surface area contributed by atoms with Gasteiger partial charge in [-0.15, -0.1) is 0 Å². The Morgan fingerprint density at radius 2 is 1.76 bits per heavy atom. The number of phenols is 1. The Morgan fingerprint density at radius 1 is 1.04 bits per heavy atom. The third kappa shape index (κ3) is 9.65. The number of fused-ring (bicyclic) bond motifs is 1. The largest absolute Gasteiger partial charge is 0.508 e. The van der Waals surface area contributed by atoms with Crippen LogP contribution in [0.3, 0.4) is 0 Å². The summed E-state index contributed by atoms with van der Waals surface area (Å²) < 4.78 is 0. The highest BCUT2D eigenvalue weighted by atomic mass is 16.3. The van der Waals surface area contributed by atoms with E-state index in [2.05, 4.69) is 15.6 Å². The van der Waals surface area contributed by atoms with Crippen molar-refractivity contribution in [2.24, 2.45) is 33.7 Å². The van der Waals surface area contributed by atoms with Crippen molar-refractivity contribution in [1.29, 1.82) is 0 Å². The molecular weight excluding hydrogens is 578 g/mol. The summed E-state index contributed by atoms with van der Waals surface area (Å²) in [4.78, 5) is 58.8. The zero-order valence-corrected chi connectivity index (χ0v) is 25.6. The topological polar surface area (TPSA) is 258 Å². The van der Waals surface area contributed by atoms with Crippen LogP contribution >= 0.6 is 0 Å². The average molecular weight is 624 g/mol. The van der Waals surface area contributed by atoms with Crippen molar-refractivity contribution in [3.63, 3.8) is 0 Å². The standard InChI is InChI=1S/C31H45N9O5/c1-18-14-20(41)16-26-21(18)17-24(39-28(43)22(33)10-7-13-37-31(35)36)30(45)40(26)25(11-5-6-12-32)29(44)38-23(27(34)42)15-19-8-3-2-4-9-19/h2-4,8-9,14,16,22-25,41H,5-7,10-13,15,17,32-33H2,1H3,(H2,34,42)(H,38,44)(H,39,43)(H4,35,36,37)/t22-,23+,24+,25+/m1/s1. The molecule has 2 aromatic rings. The number of aliphatic imine (C=N–C) groups is 1. The predicted octanol–water partition coefficient (Wildman–Crippen LogP) is -0.834. The number of primary amides is 1. The van der Waals surface area contributed by atoms with Gasteiger partial charge in [-0.2, -0.15) is 0 Å². The van der Waals surface area contributed by atoms with Crippen molar-refractivity contribution in [2.75, 3.05) is 18.0 Å². The Kier molecular flexibility index (Phi) is 12.7. The average Bonchev–Trinajstić information content (AvgIpc) is 2.98. The fourth-order valence-electron chi connectivity index (χ4n) is 5.40. The van der Waals surface area contributed by atoms with Crippen LogP contribution in [0.5, 0.6) is 5.75 Å². The van der Waals surface area contributed by atoms with Crippen molar-refractivity contribution in [2.45, 2.75) is 76.0 Å². The van der Waals surface area contributed by atoms with E-state index >= 15 is 0 Å². The molecule has 2 aromatic carbocycles. The second kappa shape index (κ2) is 16.4. The number of hydrogen-bond donors (Lipinski definition) is 8. The van der Waals surface area contributed by atoms with Gasteiger partial charge in [0, 0.05) is 25.5 Å². The summed E-state index contributed by atoms with van der Waals surface area (Å²) in [7, 11) is 0. The number of rotatable bonds is 16. The number of carbonyl (C=O) groups is 4. The highest BCUT2D eigenvalue weighted by Gasteiger charge is 2.42. The number of nitrogens with one attached hydrogen (secondary N) is 2. The molecule has 14 nitrogen and oxygen atoms in total. The lowest BCUT2D eigenvalue weighted by Gasteiger charge is -2.40. The van der Waals surface area contributed by atoms with E-state index in [0.717, 1.165) is 5.56 Å². The summed E-state index contributed by atoms with van der Waals surface area (Å²) in [6, 6.07) is 7.94. The van der Waals surface area contributed by atoms with Gasteiger partial charge in [-0.25, -0.2) is 0 Å². The maximum absolute atomic E-state index is 14.1. The molecule has 0 saturated heterocycles. The second-order valence-corrected chi connectivity index (χ2v) is 11.2. The van der Waals surface area contributed by atoms with Gasteiger partial charge in [-0.05, 0) is 68.3 Å². The molecule has 45 heavy (non-hydrogen) atoms. The van der Waals surface area contributed by atoms with Crippen LogP contribution in [-0.2, 0) is 32.0 Å². The smallest absolute Gasteiger partial charge is 0.250 e. The third-order valence-corrected chi connectivity index (χ3v) is 7.75. The minimum atomic E-state index is -1.10. The van der Waals surface area contributed by atoms with Crippen LogP contribution in [-0.4, -0.2) is 72.0 Å². The number of phenolic OH excluding ortho intramolecular Hbond substituents is 1. The van der Waals surface area contributed by atoms with Crippen LogP contribution in [0.15, 0.2) is 47.5 Å². The van der Waals surface area contributed by atoms with Gasteiger partial charge in [0.2, 0.25) is 17.7 Å². The lowest BCUT2D eigenvalue weighted by atomic mass is 9.90. The molecular formula is C31H45N9O5. The molecule has 244 valence electrons. The lowest BCUT2D eigenvalue weighted by molar-refractivity contribution is -0.131. The first kappa shape index (κ1) is 34.8. The maximum atomic E-state index is 14.1. The molecule has 0 saturated carbocycles. The van der Waals surface area contributed by atoms with Gasteiger partial charge in [0.15, 0.2) is 5.96 Å². The van der Waals surface area contributed by atoms with Gasteiger partial charge in [0.1, 0.15) is 23.9 Å². The minimum Gasteiger partial charge on any atom is -0.508 e. The number of carbonyl (C=O) groups excluding carboxylic acids is 4. The second-order valence-electron chi connectivity index (χ2n) is 11.2. The predicted molar refractivity (Wildman–Crippen MR) is 172 cm³/mol. The van der Waals surface area contributed by atoms with E-state index in [0.29, 0.717) is 49.2 Å². The Hall–Kier alpha value is -4.69. The van der Waals surface area contributed by atoms with Crippen LogP contribution in [0.4, 0.5) is 5.69 Å². The highest BCUT2D eigenvalue weighted by molar-refractivity contribution is 6.07. The number of anilines is 1. The third-order valence-electron chi connectivity index (χ3n) is 7.75. The molecule has 14 heteroatoms. The van der Waals surface area contributed by atoms with E-state index in [1.165, 1.54) is 11.0 Å². The Labute approximate surface area is 262 Å². The minimum absolute atomic E-state index is 0.0618. The van der Waals surface area contributed by atoms with Crippen molar-refractivity contribution in [3.8, 4) is 5.75 Å². The zero-order chi connectivity index (χ0) is 33.1. The summed E-state index contributed by atoms with van der Waals surface area (Å²) in [5.41, 5.74) is 30.7. The number of aromatic hydroxyl groups is 1. The Morgan fingerprint density at radius 3 is 2.40 bits per heavy atom. The number of hydrogen-bond acceptors (Lipinski definition) is 8. The fourth-order valence-corrected chi connectivity index (χ4v) is 5.40. The molecule has 0 spiro atoms. The number of aryl methyl sites for hydroxylation is 1. The molecule has 1 aliphatic rings. The number of unbranched alkanes of at least 4 members (excludes halogenated alkanes) is 1. The summed E-state index contributed by atoms with van der Waals surface area (Å²) >= 11 is 0. The molecule has 0 aliphatic carbocycles. The summed E-state index contributed by atoms with van der Waals surface area (Å²) in [6.45, 7) is 2.44. The van der Waals surface area contributed by atoms with Gasteiger partial charge >= 0.3 is 0 Å². The van der Waals surface area contributed by atoms with E-state index < -0.39 is 47.8 Å². The van der Waals surface area contributed by atoms with Crippen LogP contribution in [0.1, 0.15) is 48.8 Å². The van der Waals surface area contributed by atoms with Gasteiger partial charge in [0.05, 0.1) is 11.7 Å². The first-order valence-corrected chi connectivity index (χ1v) is 15.0. The van der Waals surface area contributed by atoms with Gasteiger partial charge in [0.25, 0.3) is 5.91 Å². The van der Waals surface area contributed by atoms with E-state index in [-0.39, 0.29) is 37.4 Å². The van der Waals surface area contributed by atoms with E-state index in [1.54, 1.807) is 13.0 Å². The first-order valence-electron chi connectivity index (χ1n) is 15.0. The van der Waals surface area contributed by atoms with Crippen LogP contribution in [0.2, 0.25) is 0 Å². The van der Waals surface area contributed by atoms with E-state index in [9.17, 15) is 24.3 Å². The van der Waals surface area contributed by atoms with Crippen molar-refractivity contribution < 1.29 is 24.3 Å². The molecule has 4 atom stereocenters. The molecule has 13 N–H and O–H groups in total. The SMILES string of the molecule is Cc1cc(O)cc2c1C[C@H](NC(=O)[C@H](N)CCCN=C(N)N)C(=O)N2[C@@H](CCCCN)C(=O)N[C@@H](Cc1ccccc1)C(N)=O. The molecule has 1 aliphatic heterocycles. The van der Waals surface area contributed by atoms with Crippen LogP contribution < -0.4 is 44.2 Å². The molecule has 1 heterocycles. The number of benzene rings is 2. The van der Waals surface area contributed by atoms with Gasteiger partial charge < -0.3 is 44.4 Å². The molecule has 0 bridgehead atoms. The first-order chi connectivity index (χ1) is 21.4. The maximum Gasteiger partial charge on any atom is 0.250 e. The quantitative estimate of drug-likeness (QED) is 0.0658. The number of nitrogens with zero attached hydrogens (tertiary/aromatic N) is 2. The van der Waals surface area contributed by atoms with Crippen LogP contribution in [0, 0.1) is 6.92 Å². The van der Waals surface area contributed by atoms with Crippen LogP contribution in [0.25, 0.3) is 0 Å². The Balaban J connectivity index is 1.93. The molecule has 0 fully saturated rings. The highest BCUT2D eigenvalue weighted by Crippen LogP contribution is 2.36. The Bertz CT molecular complexity index is 1380. The van der Waals surface area contributed by atoms with Crippen molar-refractivity contribution in [1.82, 2.24) is 10.6 Å². The number of amides is 4. The summed E-state index contributed by atoms with van der Waals surface area (Å²) in [6.07, 6.45) is 2.27. The lowest BCUT2D eigenvalue weighted by Crippen LogP contribution is -2.61. The number of nitrogens with two attached hydrogens (primary N) is 5. The fraction of sp³-hybridized carbons (Fsp3) is 0.452. The molecule has 0 aromatic heterocycles. The van der Waals surface area contributed by atoms with Crippen molar-refractivity contribution >= 4 is 35.3 Å². The van der Waals surface area contributed by atoms with E-state index in [1.807, 2.05) is 30.3 Å². The summed E-state index contributed by atoms with van der Waals surface area (Å²) in [5.74, 6) is -2.58. The summed E-state index contributed by atoms with van der Waals surface area (Å²) in [5, 5.41) is 16.0. The number of guanidine groups is 1. The normalized spacial score (nSPS) is 16.2. The van der Waals surface area contributed by atoms with E-state index in [4.69, 9.17) is 28.7 Å². The monoisotopic (exact) mass is 623 g/mol. The van der Waals surface area contributed by atoms with Crippen molar-refractivity contribution in [3.05, 3.63) is 59.2 Å². The molecule has 3 rings (SSSR count). The molecule has 0 unspecified atom stereocenters. The van der Waals surface area contributed by atoms with Gasteiger partial charge in [-0.3, -0.25) is 29.1 Å². The zero-order valence-electron chi connectivity index (χ0n) is 25.6.